The van der Waals surface area contributed by atoms with Crippen LogP contribution in [0.3, 0.4) is 0 Å². The van der Waals surface area contributed by atoms with E-state index in [0.29, 0.717) is 17.9 Å². The van der Waals surface area contributed by atoms with Crippen LogP contribution in [0.25, 0.3) is 0 Å². The molecule has 3 aromatic rings. The van der Waals surface area contributed by atoms with Crippen molar-refractivity contribution in [3.63, 3.8) is 0 Å². The number of benzene rings is 3. The maximum Gasteiger partial charge on any atom is 0.273 e. The lowest BCUT2D eigenvalue weighted by molar-refractivity contribution is -0.121. The monoisotopic (exact) mass is 404 g/mol. The predicted molar refractivity (Wildman–Crippen MR) is 114 cm³/mol. The summed E-state index contributed by atoms with van der Waals surface area (Å²) in [4.78, 5) is 24.7. The van der Waals surface area contributed by atoms with Gasteiger partial charge < -0.3 is 9.47 Å². The van der Waals surface area contributed by atoms with Crippen molar-refractivity contribution in [2.24, 2.45) is 0 Å². The molecule has 30 heavy (non-hydrogen) atoms. The van der Waals surface area contributed by atoms with Crippen molar-refractivity contribution < 1.29 is 19.1 Å². The molecule has 0 aliphatic carbocycles. The molecule has 2 N–H and O–H groups in total. The van der Waals surface area contributed by atoms with Crippen molar-refractivity contribution in [2.45, 2.75) is 13.3 Å². The second-order valence-electron chi connectivity index (χ2n) is 6.61. The number of rotatable bonds is 8. The molecule has 6 heteroatoms. The molecule has 0 bridgehead atoms. The molecule has 6 nitrogen and oxygen atoms in total. The highest BCUT2D eigenvalue weighted by atomic mass is 16.5. The van der Waals surface area contributed by atoms with Crippen LogP contribution >= 0.6 is 0 Å². The van der Waals surface area contributed by atoms with Gasteiger partial charge in [-0.2, -0.15) is 0 Å². The summed E-state index contributed by atoms with van der Waals surface area (Å²) < 4.78 is 11.3. The second-order valence-corrected chi connectivity index (χ2v) is 6.61. The Hall–Kier alpha value is -3.80. The van der Waals surface area contributed by atoms with Crippen LogP contribution in [0.2, 0.25) is 0 Å². The average Bonchev–Trinajstić information content (AvgIpc) is 2.78. The highest BCUT2D eigenvalue weighted by molar-refractivity contribution is 5.98. The number of nitrogens with one attached hydrogen (secondary N) is 2. The first kappa shape index (κ1) is 20.9. The Morgan fingerprint density at radius 3 is 2.23 bits per heavy atom. The largest absolute Gasteiger partial charge is 0.490 e. The third kappa shape index (κ3) is 6.10. The summed E-state index contributed by atoms with van der Waals surface area (Å²) in [7, 11) is 0. The first-order chi connectivity index (χ1) is 14.6. The minimum Gasteiger partial charge on any atom is -0.490 e. The molecule has 154 valence electrons. The van der Waals surface area contributed by atoms with Crippen molar-refractivity contribution in [1.82, 2.24) is 10.9 Å². The van der Waals surface area contributed by atoms with Gasteiger partial charge in [-0.05, 0) is 42.3 Å². The van der Waals surface area contributed by atoms with E-state index in [1.807, 2.05) is 61.5 Å². The number of para-hydroxylation sites is 2. The number of hydrazine groups is 1. The van der Waals surface area contributed by atoms with Gasteiger partial charge in [-0.1, -0.05) is 54.6 Å². The summed E-state index contributed by atoms with van der Waals surface area (Å²) >= 11 is 0. The Morgan fingerprint density at radius 2 is 1.43 bits per heavy atom. The third-order valence-corrected chi connectivity index (χ3v) is 4.41. The molecule has 0 aliphatic rings. The Labute approximate surface area is 175 Å². The second kappa shape index (κ2) is 10.7. The molecule has 0 atom stereocenters. The third-order valence-electron chi connectivity index (χ3n) is 4.41. The molecule has 0 radical (unpaired) electrons. The Morgan fingerprint density at radius 1 is 0.767 bits per heavy atom. The van der Waals surface area contributed by atoms with Crippen molar-refractivity contribution in [3.8, 4) is 11.5 Å². The molecule has 0 saturated carbocycles. The van der Waals surface area contributed by atoms with Gasteiger partial charge in [0.25, 0.3) is 5.91 Å². The molecule has 0 aromatic heterocycles. The Kier molecular flexibility index (Phi) is 7.44. The smallest absolute Gasteiger partial charge is 0.273 e. The topological polar surface area (TPSA) is 76.7 Å². The SMILES string of the molecule is Cc1ccccc1CC(=O)NNC(=O)c1ccccc1OCCOc1ccccc1. The molecule has 2 amide bonds. The van der Waals surface area contributed by atoms with Crippen molar-refractivity contribution in [2.75, 3.05) is 13.2 Å². The van der Waals surface area contributed by atoms with E-state index in [9.17, 15) is 9.59 Å². The van der Waals surface area contributed by atoms with Gasteiger partial charge in [0.1, 0.15) is 24.7 Å². The van der Waals surface area contributed by atoms with Crippen LogP contribution in [-0.4, -0.2) is 25.0 Å². The van der Waals surface area contributed by atoms with E-state index in [1.54, 1.807) is 24.3 Å². The number of hydrogen-bond acceptors (Lipinski definition) is 4. The van der Waals surface area contributed by atoms with E-state index >= 15 is 0 Å². The molecule has 0 aliphatic heterocycles. The van der Waals surface area contributed by atoms with Crippen LogP contribution < -0.4 is 20.3 Å². The highest BCUT2D eigenvalue weighted by Crippen LogP contribution is 2.18. The maximum absolute atomic E-state index is 12.5. The minimum absolute atomic E-state index is 0.182. The first-order valence-electron chi connectivity index (χ1n) is 9.67. The molecule has 0 saturated heterocycles. The molecule has 0 unspecified atom stereocenters. The number of ether oxygens (including phenoxy) is 2. The van der Waals surface area contributed by atoms with Gasteiger partial charge in [0.15, 0.2) is 0 Å². The van der Waals surface area contributed by atoms with Gasteiger partial charge in [0, 0.05) is 0 Å². The van der Waals surface area contributed by atoms with Crippen LogP contribution in [0.5, 0.6) is 11.5 Å². The van der Waals surface area contributed by atoms with E-state index in [2.05, 4.69) is 10.9 Å². The number of carbonyl (C=O) groups excluding carboxylic acids is 2. The van der Waals surface area contributed by atoms with E-state index in [1.165, 1.54) is 0 Å². The van der Waals surface area contributed by atoms with Gasteiger partial charge in [0.05, 0.1) is 12.0 Å². The zero-order chi connectivity index (χ0) is 21.2. The maximum atomic E-state index is 12.5. The summed E-state index contributed by atoms with van der Waals surface area (Å²) in [5.41, 5.74) is 7.16. The van der Waals surface area contributed by atoms with Crippen molar-refractivity contribution in [1.29, 1.82) is 0 Å². The van der Waals surface area contributed by atoms with E-state index < -0.39 is 5.91 Å². The lowest BCUT2D eigenvalue weighted by atomic mass is 10.1. The van der Waals surface area contributed by atoms with Crippen LogP contribution in [0, 0.1) is 6.92 Å². The molecular weight excluding hydrogens is 380 g/mol. The molecule has 0 heterocycles. The van der Waals surface area contributed by atoms with Gasteiger partial charge in [-0.25, -0.2) is 0 Å². The molecule has 3 aromatic carbocycles. The summed E-state index contributed by atoms with van der Waals surface area (Å²) in [6.45, 7) is 2.56. The fraction of sp³-hybridized carbons (Fsp3) is 0.167. The van der Waals surface area contributed by atoms with Crippen LogP contribution in [0.4, 0.5) is 0 Å². The van der Waals surface area contributed by atoms with Gasteiger partial charge >= 0.3 is 0 Å². The zero-order valence-corrected chi connectivity index (χ0v) is 16.8. The lowest BCUT2D eigenvalue weighted by Crippen LogP contribution is -2.42. The van der Waals surface area contributed by atoms with Crippen LogP contribution in [0.15, 0.2) is 78.9 Å². The zero-order valence-electron chi connectivity index (χ0n) is 16.8. The fourth-order valence-electron chi connectivity index (χ4n) is 2.83. The number of hydrogen-bond donors (Lipinski definition) is 2. The van der Waals surface area contributed by atoms with E-state index in [0.717, 1.165) is 16.9 Å². The predicted octanol–water partition coefficient (Wildman–Crippen LogP) is 3.46. The first-order valence-corrected chi connectivity index (χ1v) is 9.67. The van der Waals surface area contributed by atoms with Gasteiger partial charge in [0.2, 0.25) is 5.91 Å². The molecule has 0 fully saturated rings. The Bertz CT molecular complexity index is 989. The van der Waals surface area contributed by atoms with Gasteiger partial charge in [-0.15, -0.1) is 0 Å². The standard InChI is InChI=1S/C24H24N2O4/c1-18-9-5-6-10-19(18)17-23(27)25-26-24(28)21-13-7-8-14-22(21)30-16-15-29-20-11-3-2-4-12-20/h2-14H,15-17H2,1H3,(H,25,27)(H,26,28). The lowest BCUT2D eigenvalue weighted by Gasteiger charge is -2.13. The van der Waals surface area contributed by atoms with Gasteiger partial charge in [-0.3, -0.25) is 20.4 Å². The molecule has 0 spiro atoms. The summed E-state index contributed by atoms with van der Waals surface area (Å²) in [6.07, 6.45) is 0.182. The number of amides is 2. The number of carbonyl (C=O) groups is 2. The molecule has 3 rings (SSSR count). The molecular formula is C24H24N2O4. The quantitative estimate of drug-likeness (QED) is 0.445. The van der Waals surface area contributed by atoms with Crippen molar-refractivity contribution in [3.05, 3.63) is 95.6 Å². The Balaban J connectivity index is 1.49. The number of aryl methyl sites for hydroxylation is 1. The van der Waals surface area contributed by atoms with Crippen molar-refractivity contribution >= 4 is 11.8 Å². The summed E-state index contributed by atoms with van der Waals surface area (Å²) in [5, 5.41) is 0. The summed E-state index contributed by atoms with van der Waals surface area (Å²) in [5.74, 6) is 0.420. The van der Waals surface area contributed by atoms with Crippen LogP contribution in [-0.2, 0) is 11.2 Å². The van der Waals surface area contributed by atoms with E-state index in [4.69, 9.17) is 9.47 Å². The average molecular weight is 404 g/mol. The fourth-order valence-corrected chi connectivity index (χ4v) is 2.83. The minimum atomic E-state index is -0.451. The van der Waals surface area contributed by atoms with Crippen LogP contribution in [0.1, 0.15) is 21.5 Å². The normalized spacial score (nSPS) is 10.2. The summed E-state index contributed by atoms with van der Waals surface area (Å²) in [6, 6.07) is 23.9. The highest BCUT2D eigenvalue weighted by Gasteiger charge is 2.13. The van der Waals surface area contributed by atoms with E-state index in [-0.39, 0.29) is 18.9 Å².